The monoisotopic (exact) mass is 1150 g/mol. The number of benzene rings is 3. The van der Waals surface area contributed by atoms with Crippen molar-refractivity contribution in [3.63, 3.8) is 0 Å². The number of aryl methyl sites for hydroxylation is 1. The number of terminal acetylenes is 2. The van der Waals surface area contributed by atoms with Gasteiger partial charge in [-0.2, -0.15) is 0 Å². The number of aromatic amines is 1. The number of hydrogen-bond donors (Lipinski definition) is 1. The van der Waals surface area contributed by atoms with Gasteiger partial charge in [0.05, 0.1) is 18.9 Å². The molecule has 5 rings (SSSR count). The molecule has 1 aromatic heterocycles. The van der Waals surface area contributed by atoms with Crippen LogP contribution in [0.3, 0.4) is 0 Å². The van der Waals surface area contributed by atoms with Crippen molar-refractivity contribution in [1.82, 2.24) is 9.55 Å². The highest BCUT2D eigenvalue weighted by atomic mass is 16.6. The van der Waals surface area contributed by atoms with Crippen LogP contribution in [0.5, 0.6) is 17.2 Å². The topological polar surface area (TPSA) is 144 Å². The second-order valence-corrected chi connectivity index (χ2v) is 16.3. The lowest BCUT2D eigenvalue weighted by Crippen LogP contribution is -2.33. The minimum absolute atomic E-state index is 0.0304. The lowest BCUT2D eigenvalue weighted by atomic mass is 10.1. The molecular formula is C77H34N2O10. The van der Waals surface area contributed by atoms with Gasteiger partial charge in [-0.3, -0.25) is 23.9 Å². The first-order valence-corrected chi connectivity index (χ1v) is 25.5. The van der Waals surface area contributed by atoms with E-state index in [-0.39, 0.29) is 44.0 Å². The van der Waals surface area contributed by atoms with Crippen molar-refractivity contribution in [3.8, 4) is 279 Å². The lowest BCUT2D eigenvalue weighted by Gasteiger charge is -2.17. The Hall–Kier alpha value is -14.8. The Balaban J connectivity index is 1.17. The van der Waals surface area contributed by atoms with Crippen LogP contribution in [-0.4, -0.2) is 33.7 Å². The predicted octanol–water partition coefficient (Wildman–Crippen LogP) is 4.72. The third-order valence-corrected chi connectivity index (χ3v) is 10.3. The number of fused-ring (bicyclic) bond motifs is 1. The number of nitrogens with zero attached hydrogens (tertiary/aromatic N) is 1. The molecule has 4 aromatic rings. The molecule has 412 valence electrons. The van der Waals surface area contributed by atoms with Gasteiger partial charge in [-0.05, 0) is 160 Å². The SMILES string of the molecule is C#CC#CC#CC#CC#CC#CC#CC#CC#CC#CC#COc1cc(COc2ccc3cc(COC(=O)CCC(=O)OC4CC(n5cc(C)c(=O)[nH]c5=O)OC4CC)ccc3c2)cc(OC#CC#CC#CC#CC#CC#CC#CC#CC#CC#CC#C)c1. The van der Waals surface area contributed by atoms with Gasteiger partial charge < -0.3 is 28.4 Å². The summed E-state index contributed by atoms with van der Waals surface area (Å²) in [5.41, 5.74) is 0.564. The van der Waals surface area contributed by atoms with E-state index in [4.69, 9.17) is 41.3 Å². The largest absolute Gasteiger partial charge is 0.489 e. The number of hydrogen-bond acceptors (Lipinski definition) is 10. The Morgan fingerprint density at radius 2 is 0.944 bits per heavy atom. The van der Waals surface area contributed by atoms with Crippen molar-refractivity contribution in [2.24, 2.45) is 0 Å². The van der Waals surface area contributed by atoms with Crippen LogP contribution in [0, 0.1) is 269 Å². The smallest absolute Gasteiger partial charge is 0.330 e. The van der Waals surface area contributed by atoms with E-state index in [0.29, 0.717) is 23.3 Å². The van der Waals surface area contributed by atoms with Gasteiger partial charge >= 0.3 is 17.6 Å². The number of nitrogens with one attached hydrogen (secondary N) is 1. The van der Waals surface area contributed by atoms with E-state index < -0.39 is 41.6 Å². The van der Waals surface area contributed by atoms with E-state index in [2.05, 4.69) is 254 Å². The molecule has 2 heterocycles. The minimum atomic E-state index is -0.735. The third-order valence-electron chi connectivity index (χ3n) is 10.3. The molecule has 1 saturated heterocycles. The summed E-state index contributed by atoms with van der Waals surface area (Å²) in [5, 5.41) is 1.70. The molecule has 0 amide bonds. The van der Waals surface area contributed by atoms with E-state index in [1.165, 1.54) is 10.8 Å². The number of H-pyrrole nitrogens is 1. The summed E-state index contributed by atoms with van der Waals surface area (Å²) in [5.74, 6) is 99.0. The highest BCUT2D eigenvalue weighted by Gasteiger charge is 2.38. The summed E-state index contributed by atoms with van der Waals surface area (Å²) in [6.45, 7) is 3.48. The van der Waals surface area contributed by atoms with Gasteiger partial charge in [-0.25, -0.2) is 4.79 Å². The molecule has 0 radical (unpaired) electrons. The van der Waals surface area contributed by atoms with Crippen LogP contribution >= 0.6 is 0 Å². The fraction of sp³-hybridized carbons (Fsp3) is 0.143. The second-order valence-electron chi connectivity index (χ2n) is 16.3. The fourth-order valence-corrected chi connectivity index (χ4v) is 6.63. The van der Waals surface area contributed by atoms with Gasteiger partial charge in [-0.1, -0.05) is 25.1 Å². The average Bonchev–Trinajstić information content (AvgIpc) is 2.97. The van der Waals surface area contributed by atoms with Crippen molar-refractivity contribution in [3.05, 3.63) is 98.3 Å². The molecule has 3 atom stereocenters. The maximum atomic E-state index is 12.8. The van der Waals surface area contributed by atoms with Crippen LogP contribution < -0.4 is 25.5 Å². The molecule has 1 aliphatic rings. The zero-order valence-corrected chi connectivity index (χ0v) is 46.9. The Morgan fingerprint density at radius 1 is 0.517 bits per heavy atom. The van der Waals surface area contributed by atoms with E-state index in [0.717, 1.165) is 16.3 Å². The highest BCUT2D eigenvalue weighted by Crippen LogP contribution is 2.32. The molecule has 1 N–H and O–H groups in total. The number of carbonyl (C=O) groups excluding carboxylic acids is 2. The zero-order valence-electron chi connectivity index (χ0n) is 46.9. The van der Waals surface area contributed by atoms with E-state index >= 15 is 0 Å². The summed E-state index contributed by atoms with van der Waals surface area (Å²) < 4.78 is 35.9. The van der Waals surface area contributed by atoms with Crippen molar-refractivity contribution >= 4 is 22.7 Å². The molecule has 1 fully saturated rings. The number of ether oxygens (including phenoxy) is 6. The van der Waals surface area contributed by atoms with Gasteiger partial charge in [0.1, 0.15) is 55.0 Å². The molecule has 1 aliphatic heterocycles. The normalized spacial score (nSPS) is 11.0. The average molecular weight is 1150 g/mol. The molecule has 89 heavy (non-hydrogen) atoms. The molecule has 0 aliphatic carbocycles. The van der Waals surface area contributed by atoms with Gasteiger partial charge in [-0.15, -0.1) is 12.8 Å². The van der Waals surface area contributed by atoms with Crippen molar-refractivity contribution in [2.45, 2.75) is 71.2 Å². The van der Waals surface area contributed by atoms with Gasteiger partial charge in [0.2, 0.25) is 0 Å². The number of aromatic nitrogens is 2. The van der Waals surface area contributed by atoms with Gasteiger partial charge in [0.25, 0.3) is 5.56 Å². The van der Waals surface area contributed by atoms with E-state index in [1.54, 1.807) is 31.2 Å². The maximum Gasteiger partial charge on any atom is 0.330 e. The van der Waals surface area contributed by atoms with Crippen LogP contribution in [0.2, 0.25) is 0 Å². The number of carbonyl (C=O) groups is 2. The maximum absolute atomic E-state index is 12.8. The first-order valence-electron chi connectivity index (χ1n) is 25.5. The molecule has 12 nitrogen and oxygen atoms in total. The molecule has 0 spiro atoms. The third kappa shape index (κ3) is 26.6. The van der Waals surface area contributed by atoms with Crippen molar-refractivity contribution in [2.75, 3.05) is 0 Å². The van der Waals surface area contributed by atoms with Crippen LogP contribution in [0.25, 0.3) is 10.8 Å². The first kappa shape index (κ1) is 65.0. The first-order chi connectivity index (χ1) is 43.6. The van der Waals surface area contributed by atoms with Crippen LogP contribution in [-0.2, 0) is 37.0 Å². The molecule has 0 saturated carbocycles. The molecular weight excluding hydrogens is 1110 g/mol. The molecule has 3 aromatic carbocycles. The zero-order chi connectivity index (χ0) is 63.2. The van der Waals surface area contributed by atoms with Crippen LogP contribution in [0.4, 0.5) is 0 Å². The van der Waals surface area contributed by atoms with Crippen molar-refractivity contribution in [1.29, 1.82) is 0 Å². The summed E-state index contributed by atoms with van der Waals surface area (Å²) in [6, 6.07) is 16.0. The number of rotatable bonds is 13. The van der Waals surface area contributed by atoms with Gasteiger partial charge in [0, 0.05) is 166 Å². The predicted molar refractivity (Wildman–Crippen MR) is 333 cm³/mol. The van der Waals surface area contributed by atoms with Crippen LogP contribution in [0.1, 0.15) is 55.5 Å². The summed E-state index contributed by atoms with van der Waals surface area (Å²) in [4.78, 5) is 52.0. The Morgan fingerprint density at radius 3 is 1.40 bits per heavy atom. The fourth-order valence-electron chi connectivity index (χ4n) is 6.63. The Kier molecular flexibility index (Phi) is 28.9. The second kappa shape index (κ2) is 39.6. The molecule has 3 unspecified atom stereocenters. The van der Waals surface area contributed by atoms with Crippen molar-refractivity contribution < 1.29 is 38.0 Å². The summed E-state index contributed by atoms with van der Waals surface area (Å²) >= 11 is 0. The summed E-state index contributed by atoms with van der Waals surface area (Å²) in [6.07, 6.45) is 14.8. The van der Waals surface area contributed by atoms with E-state index in [1.807, 2.05) is 37.3 Å². The van der Waals surface area contributed by atoms with Crippen LogP contribution in [0.15, 0.2) is 70.4 Å². The standard InChI is InChI=1S/C77H34N2O10/c1-5-8-10-12-14-16-18-20-22-24-26-28-30-32-34-36-38-40-42-44-52-84-69-55-65(56-70(58-69)85-53-45-43-41-39-37-35-33-31-29-27-25-23-21-19-17-15-13-11-9-6-2)62-86-68-49-48-66-54-64(46-47-67(66)57-68)61-87-74(80)50-51-75(81)89-72-59-73(88-71(72)7-3)79-60-63(4)76(82)78-77(79)83/h1-2,46-49,54-58,60,71-73H,7,50-51,59,61-62H2,3-4H3,(H,78,82,83). The van der Waals surface area contributed by atoms with Gasteiger partial charge in [0.15, 0.2) is 0 Å². The summed E-state index contributed by atoms with van der Waals surface area (Å²) in [7, 11) is 0. The Labute approximate surface area is 516 Å². The molecule has 12 heteroatoms. The molecule has 0 bridgehead atoms. The quantitative estimate of drug-likeness (QED) is 0.148. The lowest BCUT2D eigenvalue weighted by molar-refractivity contribution is -0.156. The number of esters is 2. The Bertz CT molecular complexity index is 4910. The van der Waals surface area contributed by atoms with E-state index in [9.17, 15) is 19.2 Å². The highest BCUT2D eigenvalue weighted by molar-refractivity contribution is 5.84. The minimum Gasteiger partial charge on any atom is -0.489 e.